The molecule has 0 unspecified atom stereocenters. The van der Waals surface area contributed by atoms with Gasteiger partial charge in [-0.1, -0.05) is 6.07 Å². The molecule has 1 aromatic carbocycles. The Balaban J connectivity index is 3.18. The Labute approximate surface area is 94.2 Å². The van der Waals surface area contributed by atoms with Gasteiger partial charge in [0.25, 0.3) is 0 Å². The molecule has 1 N–H and O–H groups in total. The molecule has 0 aliphatic carbocycles. The monoisotopic (exact) mass is 248 g/mol. The minimum absolute atomic E-state index is 0.0953. The zero-order valence-electron chi connectivity index (χ0n) is 8.68. The number of allylic oxidation sites excluding steroid dienone is 1. The normalized spacial score (nSPS) is 12.6. The molecule has 0 bridgehead atoms. The van der Waals surface area contributed by atoms with Crippen molar-refractivity contribution in [1.82, 2.24) is 0 Å². The molecule has 0 saturated heterocycles. The van der Waals surface area contributed by atoms with Crippen molar-refractivity contribution in [2.75, 3.05) is 0 Å². The van der Waals surface area contributed by atoms with Gasteiger partial charge >= 0.3 is 12.1 Å². The van der Waals surface area contributed by atoms with Crippen molar-refractivity contribution in [3.8, 4) is 0 Å². The summed E-state index contributed by atoms with van der Waals surface area (Å²) in [6.07, 6.45) is -3.96. The van der Waals surface area contributed by atoms with E-state index in [1.54, 1.807) is 0 Å². The molecule has 92 valence electrons. The first-order chi connectivity index (χ1) is 7.71. The highest BCUT2D eigenvalue weighted by Gasteiger charge is 2.33. The zero-order chi connectivity index (χ0) is 13.2. The lowest BCUT2D eigenvalue weighted by molar-refractivity contribution is -0.140. The second-order valence-corrected chi connectivity index (χ2v) is 3.36. The van der Waals surface area contributed by atoms with E-state index in [-0.39, 0.29) is 11.1 Å². The number of alkyl halides is 3. The van der Waals surface area contributed by atoms with E-state index < -0.39 is 23.5 Å². The molecule has 1 aromatic rings. The third-order valence-electron chi connectivity index (χ3n) is 2.07. The van der Waals surface area contributed by atoms with E-state index in [1.165, 1.54) is 6.92 Å². The van der Waals surface area contributed by atoms with Gasteiger partial charge in [0.1, 0.15) is 5.82 Å². The maximum absolute atomic E-state index is 13.1. The first kappa shape index (κ1) is 13.2. The largest absolute Gasteiger partial charge is 0.478 e. The van der Waals surface area contributed by atoms with E-state index in [0.29, 0.717) is 12.1 Å². The molecule has 0 heterocycles. The van der Waals surface area contributed by atoms with Crippen LogP contribution in [0.3, 0.4) is 0 Å². The Hall–Kier alpha value is -1.85. The standard InChI is InChI=1S/C11H8F4O2/c1-6(4-10(16)17)7-2-3-8(9(12)5-7)11(13,14)15/h2-5H,1H3,(H,16,17)/b6-4+. The van der Waals surface area contributed by atoms with E-state index in [4.69, 9.17) is 5.11 Å². The van der Waals surface area contributed by atoms with Crippen LogP contribution in [0.1, 0.15) is 18.1 Å². The van der Waals surface area contributed by atoms with Crippen molar-refractivity contribution in [2.45, 2.75) is 13.1 Å². The first-order valence-electron chi connectivity index (χ1n) is 4.50. The molecular weight excluding hydrogens is 240 g/mol. The molecule has 1 rings (SSSR count). The molecule has 0 fully saturated rings. The molecule has 0 amide bonds. The van der Waals surface area contributed by atoms with Gasteiger partial charge in [0.05, 0.1) is 5.56 Å². The summed E-state index contributed by atoms with van der Waals surface area (Å²) in [5, 5.41) is 8.45. The number of halogens is 4. The van der Waals surface area contributed by atoms with Gasteiger partial charge in [0.15, 0.2) is 0 Å². The third-order valence-corrected chi connectivity index (χ3v) is 2.07. The van der Waals surface area contributed by atoms with Crippen molar-refractivity contribution < 1.29 is 27.5 Å². The van der Waals surface area contributed by atoms with Crippen LogP contribution in [-0.2, 0) is 11.0 Å². The van der Waals surface area contributed by atoms with Crippen LogP contribution in [0.4, 0.5) is 17.6 Å². The lowest BCUT2D eigenvalue weighted by atomic mass is 10.0. The minimum Gasteiger partial charge on any atom is -0.478 e. The predicted molar refractivity (Wildman–Crippen MR) is 52.7 cm³/mol. The molecular formula is C11H8F4O2. The van der Waals surface area contributed by atoms with Gasteiger partial charge in [-0.25, -0.2) is 9.18 Å². The van der Waals surface area contributed by atoms with Gasteiger partial charge < -0.3 is 5.11 Å². The Morgan fingerprint density at radius 2 is 1.94 bits per heavy atom. The minimum atomic E-state index is -4.76. The van der Waals surface area contributed by atoms with Crippen molar-refractivity contribution in [3.63, 3.8) is 0 Å². The quantitative estimate of drug-likeness (QED) is 0.643. The number of carbonyl (C=O) groups is 1. The van der Waals surface area contributed by atoms with Crippen molar-refractivity contribution in [3.05, 3.63) is 41.2 Å². The number of carboxylic acid groups (broad SMARTS) is 1. The SMILES string of the molecule is C/C(=C\C(=O)O)c1ccc(C(F)(F)F)c(F)c1. The van der Waals surface area contributed by atoms with E-state index >= 15 is 0 Å². The number of rotatable bonds is 2. The van der Waals surface area contributed by atoms with E-state index in [2.05, 4.69) is 0 Å². The Kier molecular flexibility index (Phi) is 3.55. The van der Waals surface area contributed by atoms with Crippen molar-refractivity contribution >= 4 is 11.5 Å². The molecule has 0 saturated carbocycles. The summed E-state index contributed by atoms with van der Waals surface area (Å²) in [5.41, 5.74) is -1.10. The van der Waals surface area contributed by atoms with Crippen molar-refractivity contribution in [1.29, 1.82) is 0 Å². The van der Waals surface area contributed by atoms with Gasteiger partial charge in [-0.15, -0.1) is 0 Å². The molecule has 0 aliphatic heterocycles. The van der Waals surface area contributed by atoms with Gasteiger partial charge in [-0.05, 0) is 30.2 Å². The van der Waals surface area contributed by atoms with Crippen LogP contribution >= 0.6 is 0 Å². The number of benzene rings is 1. The number of hydrogen-bond donors (Lipinski definition) is 1. The van der Waals surface area contributed by atoms with E-state index in [9.17, 15) is 22.4 Å². The molecule has 0 radical (unpaired) electrons. The summed E-state index contributed by atoms with van der Waals surface area (Å²) in [6, 6.07) is 2.28. The van der Waals surface area contributed by atoms with Gasteiger partial charge in [-0.2, -0.15) is 13.2 Å². The van der Waals surface area contributed by atoms with Crippen LogP contribution in [-0.4, -0.2) is 11.1 Å². The zero-order valence-corrected chi connectivity index (χ0v) is 8.68. The topological polar surface area (TPSA) is 37.3 Å². The Bertz CT molecular complexity index is 475. The van der Waals surface area contributed by atoms with Crippen LogP contribution in [0, 0.1) is 5.82 Å². The van der Waals surface area contributed by atoms with Crippen LogP contribution in [0.2, 0.25) is 0 Å². The van der Waals surface area contributed by atoms with E-state index in [1.807, 2.05) is 0 Å². The predicted octanol–water partition coefficient (Wildman–Crippen LogP) is 3.33. The number of aliphatic carboxylic acids is 1. The Morgan fingerprint density at radius 3 is 2.35 bits per heavy atom. The van der Waals surface area contributed by atoms with Gasteiger partial charge in [-0.3, -0.25) is 0 Å². The summed E-state index contributed by atoms with van der Waals surface area (Å²) in [4.78, 5) is 10.3. The highest BCUT2D eigenvalue weighted by molar-refractivity contribution is 5.89. The van der Waals surface area contributed by atoms with Crippen LogP contribution in [0.25, 0.3) is 5.57 Å². The molecule has 0 aliphatic rings. The lowest BCUT2D eigenvalue weighted by Gasteiger charge is -2.09. The fraction of sp³-hybridized carbons (Fsp3) is 0.182. The number of carboxylic acids is 1. The lowest BCUT2D eigenvalue weighted by Crippen LogP contribution is -2.08. The molecule has 6 heteroatoms. The highest BCUT2D eigenvalue weighted by atomic mass is 19.4. The van der Waals surface area contributed by atoms with Gasteiger partial charge in [0.2, 0.25) is 0 Å². The second-order valence-electron chi connectivity index (χ2n) is 3.36. The molecule has 0 spiro atoms. The average molecular weight is 248 g/mol. The molecule has 0 aromatic heterocycles. The third kappa shape index (κ3) is 3.30. The van der Waals surface area contributed by atoms with Crippen LogP contribution < -0.4 is 0 Å². The molecule has 17 heavy (non-hydrogen) atoms. The van der Waals surface area contributed by atoms with Crippen LogP contribution in [0.15, 0.2) is 24.3 Å². The smallest absolute Gasteiger partial charge is 0.419 e. The second kappa shape index (κ2) is 4.57. The van der Waals surface area contributed by atoms with E-state index in [0.717, 1.165) is 12.1 Å². The maximum atomic E-state index is 13.1. The fourth-order valence-electron chi connectivity index (χ4n) is 1.26. The first-order valence-corrected chi connectivity index (χ1v) is 4.50. The average Bonchev–Trinajstić information content (AvgIpc) is 2.14. The van der Waals surface area contributed by atoms with Gasteiger partial charge in [0, 0.05) is 6.08 Å². The summed E-state index contributed by atoms with van der Waals surface area (Å²) in [5.74, 6) is -2.67. The summed E-state index contributed by atoms with van der Waals surface area (Å²) in [7, 11) is 0. The summed E-state index contributed by atoms with van der Waals surface area (Å²) >= 11 is 0. The summed E-state index contributed by atoms with van der Waals surface area (Å²) < 4.78 is 49.9. The maximum Gasteiger partial charge on any atom is 0.419 e. The highest BCUT2D eigenvalue weighted by Crippen LogP contribution is 2.32. The van der Waals surface area contributed by atoms with Crippen LogP contribution in [0.5, 0.6) is 0 Å². The Morgan fingerprint density at radius 1 is 1.35 bits per heavy atom. The fourth-order valence-corrected chi connectivity index (χ4v) is 1.26. The molecule has 0 atom stereocenters. The number of hydrogen-bond acceptors (Lipinski definition) is 1. The summed E-state index contributed by atoms with van der Waals surface area (Å²) in [6.45, 7) is 1.37. The van der Waals surface area contributed by atoms with Crippen molar-refractivity contribution in [2.24, 2.45) is 0 Å². The molecule has 2 nitrogen and oxygen atoms in total.